The molecule has 0 atom stereocenters. The monoisotopic (exact) mass is 287 g/mol. The standard InChI is InChI=1S/C16H17NO4/c1-3-10-4-7-14(15(8-10)20-2)21-11-5-6-12(16(18)19)13(17)9-11/h4-9H,3,17H2,1-2H3,(H,18,19). The van der Waals surface area contributed by atoms with Crippen LogP contribution < -0.4 is 15.2 Å². The van der Waals surface area contributed by atoms with Crippen LogP contribution in [0.2, 0.25) is 0 Å². The normalized spacial score (nSPS) is 10.2. The van der Waals surface area contributed by atoms with Crippen molar-refractivity contribution >= 4 is 11.7 Å². The lowest BCUT2D eigenvalue weighted by Gasteiger charge is -2.12. The van der Waals surface area contributed by atoms with E-state index in [0.29, 0.717) is 17.2 Å². The van der Waals surface area contributed by atoms with Gasteiger partial charge in [0.15, 0.2) is 11.5 Å². The molecule has 0 saturated heterocycles. The Morgan fingerprint density at radius 2 is 1.95 bits per heavy atom. The number of anilines is 1. The van der Waals surface area contributed by atoms with Crippen molar-refractivity contribution in [2.24, 2.45) is 0 Å². The summed E-state index contributed by atoms with van der Waals surface area (Å²) in [5.74, 6) is 0.566. The number of hydrogen-bond donors (Lipinski definition) is 2. The van der Waals surface area contributed by atoms with Gasteiger partial charge in [-0.1, -0.05) is 13.0 Å². The number of aryl methyl sites for hydroxylation is 1. The first kappa shape index (κ1) is 14.7. The fourth-order valence-corrected chi connectivity index (χ4v) is 1.94. The zero-order valence-corrected chi connectivity index (χ0v) is 11.9. The first-order chi connectivity index (χ1) is 10.0. The van der Waals surface area contributed by atoms with Gasteiger partial charge in [0.2, 0.25) is 0 Å². The molecule has 0 amide bonds. The van der Waals surface area contributed by atoms with E-state index in [1.54, 1.807) is 13.2 Å². The van der Waals surface area contributed by atoms with Crippen LogP contribution in [0.3, 0.4) is 0 Å². The van der Waals surface area contributed by atoms with Gasteiger partial charge in [-0.15, -0.1) is 0 Å². The number of hydrogen-bond acceptors (Lipinski definition) is 4. The molecule has 0 aliphatic heterocycles. The third-order valence-electron chi connectivity index (χ3n) is 3.12. The lowest BCUT2D eigenvalue weighted by Crippen LogP contribution is -2.02. The third kappa shape index (κ3) is 3.25. The number of carboxylic acid groups (broad SMARTS) is 1. The number of benzene rings is 2. The van der Waals surface area contributed by atoms with E-state index < -0.39 is 5.97 Å². The number of ether oxygens (including phenoxy) is 2. The van der Waals surface area contributed by atoms with Crippen molar-refractivity contribution < 1.29 is 19.4 Å². The number of rotatable bonds is 5. The fourth-order valence-electron chi connectivity index (χ4n) is 1.94. The molecule has 0 saturated carbocycles. The van der Waals surface area contributed by atoms with E-state index >= 15 is 0 Å². The maximum Gasteiger partial charge on any atom is 0.337 e. The predicted molar refractivity (Wildman–Crippen MR) is 80.3 cm³/mol. The second kappa shape index (κ2) is 6.17. The van der Waals surface area contributed by atoms with Crippen molar-refractivity contribution in [1.29, 1.82) is 0 Å². The van der Waals surface area contributed by atoms with Crippen LogP contribution in [0.1, 0.15) is 22.8 Å². The van der Waals surface area contributed by atoms with Crippen molar-refractivity contribution in [1.82, 2.24) is 0 Å². The minimum Gasteiger partial charge on any atom is -0.493 e. The number of nitrogen functional groups attached to an aromatic ring is 1. The van der Waals surface area contributed by atoms with E-state index in [1.165, 1.54) is 12.1 Å². The van der Waals surface area contributed by atoms with Gasteiger partial charge in [0.05, 0.1) is 12.7 Å². The molecule has 21 heavy (non-hydrogen) atoms. The van der Waals surface area contributed by atoms with Gasteiger partial charge in [-0.2, -0.15) is 0 Å². The van der Waals surface area contributed by atoms with E-state index in [-0.39, 0.29) is 11.3 Å². The quantitative estimate of drug-likeness (QED) is 0.824. The highest BCUT2D eigenvalue weighted by Crippen LogP contribution is 2.33. The summed E-state index contributed by atoms with van der Waals surface area (Å²) >= 11 is 0. The zero-order valence-electron chi connectivity index (χ0n) is 11.9. The highest BCUT2D eigenvalue weighted by molar-refractivity contribution is 5.93. The van der Waals surface area contributed by atoms with Crippen LogP contribution in [0.5, 0.6) is 17.2 Å². The van der Waals surface area contributed by atoms with E-state index in [9.17, 15) is 4.79 Å². The largest absolute Gasteiger partial charge is 0.493 e. The molecule has 3 N–H and O–H groups in total. The van der Waals surface area contributed by atoms with Crippen LogP contribution in [-0.2, 0) is 6.42 Å². The Labute approximate surface area is 122 Å². The molecule has 0 unspecified atom stereocenters. The zero-order chi connectivity index (χ0) is 15.4. The minimum atomic E-state index is -1.07. The molecule has 0 bridgehead atoms. The molecule has 0 radical (unpaired) electrons. The van der Waals surface area contributed by atoms with Gasteiger partial charge in [0, 0.05) is 11.8 Å². The highest BCUT2D eigenvalue weighted by Gasteiger charge is 2.11. The average molecular weight is 287 g/mol. The number of carboxylic acids is 1. The Kier molecular flexibility index (Phi) is 4.33. The predicted octanol–water partition coefficient (Wildman–Crippen LogP) is 3.33. The molecule has 0 aromatic heterocycles. The van der Waals surface area contributed by atoms with Crippen molar-refractivity contribution in [3.63, 3.8) is 0 Å². The number of aromatic carboxylic acids is 1. The number of carbonyl (C=O) groups is 1. The minimum absolute atomic E-state index is 0.0515. The molecule has 5 heteroatoms. The Morgan fingerprint density at radius 3 is 2.52 bits per heavy atom. The molecular weight excluding hydrogens is 270 g/mol. The lowest BCUT2D eigenvalue weighted by molar-refractivity contribution is 0.0698. The first-order valence-electron chi connectivity index (χ1n) is 6.52. The molecule has 5 nitrogen and oxygen atoms in total. The van der Waals surface area contributed by atoms with Crippen LogP contribution in [0.25, 0.3) is 0 Å². The summed E-state index contributed by atoms with van der Waals surface area (Å²) in [6.07, 6.45) is 0.900. The maximum absolute atomic E-state index is 10.9. The summed E-state index contributed by atoms with van der Waals surface area (Å²) in [7, 11) is 1.57. The fraction of sp³-hybridized carbons (Fsp3) is 0.188. The first-order valence-corrected chi connectivity index (χ1v) is 6.52. The molecule has 2 rings (SSSR count). The van der Waals surface area contributed by atoms with Crippen molar-refractivity contribution in [3.8, 4) is 17.2 Å². The number of methoxy groups -OCH3 is 1. The van der Waals surface area contributed by atoms with Gasteiger partial charge >= 0.3 is 5.97 Å². The van der Waals surface area contributed by atoms with E-state index in [0.717, 1.165) is 12.0 Å². The maximum atomic E-state index is 10.9. The second-order valence-corrected chi connectivity index (χ2v) is 4.50. The Hall–Kier alpha value is -2.69. The summed E-state index contributed by atoms with van der Waals surface area (Å²) in [5, 5.41) is 8.95. The van der Waals surface area contributed by atoms with Gasteiger partial charge in [0.25, 0.3) is 0 Å². The molecule has 0 spiro atoms. The molecule has 2 aromatic rings. The molecular formula is C16H17NO4. The number of nitrogens with two attached hydrogens (primary N) is 1. The van der Waals surface area contributed by atoms with Crippen molar-refractivity contribution in [2.45, 2.75) is 13.3 Å². The van der Waals surface area contributed by atoms with Gasteiger partial charge < -0.3 is 20.3 Å². The van der Waals surface area contributed by atoms with Crippen molar-refractivity contribution in [2.75, 3.05) is 12.8 Å². The summed E-state index contributed by atoms with van der Waals surface area (Å²) in [5.41, 5.74) is 7.05. The Balaban J connectivity index is 2.30. The topological polar surface area (TPSA) is 81.8 Å². The average Bonchev–Trinajstić information content (AvgIpc) is 2.47. The molecule has 0 aliphatic carbocycles. The van der Waals surface area contributed by atoms with E-state index in [1.807, 2.05) is 18.2 Å². The Bertz CT molecular complexity index is 667. The highest BCUT2D eigenvalue weighted by atomic mass is 16.5. The van der Waals surface area contributed by atoms with Gasteiger partial charge in [-0.3, -0.25) is 0 Å². The molecule has 0 aliphatic rings. The summed E-state index contributed by atoms with van der Waals surface area (Å²) < 4.78 is 11.0. The van der Waals surface area contributed by atoms with Gasteiger partial charge in [-0.05, 0) is 36.2 Å². The summed E-state index contributed by atoms with van der Waals surface area (Å²) in [6, 6.07) is 10.1. The smallest absolute Gasteiger partial charge is 0.337 e. The Morgan fingerprint density at radius 1 is 1.19 bits per heavy atom. The SMILES string of the molecule is CCc1ccc(Oc2ccc(C(=O)O)c(N)c2)c(OC)c1. The molecule has 0 heterocycles. The van der Waals surface area contributed by atoms with Crippen molar-refractivity contribution in [3.05, 3.63) is 47.5 Å². The van der Waals surface area contributed by atoms with Gasteiger partial charge in [0.1, 0.15) is 5.75 Å². The third-order valence-corrected chi connectivity index (χ3v) is 3.12. The lowest BCUT2D eigenvalue weighted by atomic mass is 10.1. The van der Waals surface area contributed by atoms with Gasteiger partial charge in [-0.25, -0.2) is 4.79 Å². The van der Waals surface area contributed by atoms with E-state index in [2.05, 4.69) is 6.92 Å². The summed E-state index contributed by atoms with van der Waals surface area (Å²) in [4.78, 5) is 10.9. The summed E-state index contributed by atoms with van der Waals surface area (Å²) in [6.45, 7) is 2.06. The van der Waals surface area contributed by atoms with Crippen LogP contribution in [0.15, 0.2) is 36.4 Å². The molecule has 0 fully saturated rings. The molecule has 2 aromatic carbocycles. The van der Waals surface area contributed by atoms with Crippen LogP contribution in [0, 0.1) is 0 Å². The van der Waals surface area contributed by atoms with E-state index in [4.69, 9.17) is 20.3 Å². The van der Waals surface area contributed by atoms with Crippen LogP contribution in [-0.4, -0.2) is 18.2 Å². The van der Waals surface area contributed by atoms with Crippen LogP contribution >= 0.6 is 0 Å². The molecule has 110 valence electrons. The second-order valence-electron chi connectivity index (χ2n) is 4.50. The van der Waals surface area contributed by atoms with Crippen LogP contribution in [0.4, 0.5) is 5.69 Å².